The molecule has 27 heavy (non-hydrogen) atoms. The van der Waals surface area contributed by atoms with Gasteiger partial charge in [0.1, 0.15) is 5.75 Å². The van der Waals surface area contributed by atoms with Crippen LogP contribution in [0.2, 0.25) is 0 Å². The smallest absolute Gasteiger partial charge is 0.321 e. The van der Waals surface area contributed by atoms with Crippen molar-refractivity contribution < 1.29 is 23.1 Å². The van der Waals surface area contributed by atoms with E-state index in [1.54, 1.807) is 24.3 Å². The first-order chi connectivity index (χ1) is 12.7. The second-order valence-corrected chi connectivity index (χ2v) is 8.76. The lowest BCUT2D eigenvalue weighted by atomic mass is 10.1. The average molecular weight is 389 g/mol. The zero-order valence-electron chi connectivity index (χ0n) is 15.3. The molecule has 2 N–H and O–H groups in total. The molecule has 0 aliphatic rings. The molecule has 0 bridgehead atoms. The quantitative estimate of drug-likeness (QED) is 0.723. The Bertz CT molecular complexity index is 902. The molecule has 0 saturated heterocycles. The van der Waals surface area contributed by atoms with E-state index in [0.29, 0.717) is 12.1 Å². The van der Waals surface area contributed by atoms with E-state index in [9.17, 15) is 23.1 Å². The maximum Gasteiger partial charge on any atom is 0.321 e. The molecule has 7 heteroatoms. The molecule has 0 spiro atoms. The average Bonchev–Trinajstić information content (AvgIpc) is 2.57. The number of carboxylic acid groups (broad SMARTS) is 1. The lowest BCUT2D eigenvalue weighted by molar-refractivity contribution is -0.136. The molecule has 0 fully saturated rings. The number of nitrogens with one attached hydrogen (secondary N) is 1. The van der Waals surface area contributed by atoms with Gasteiger partial charge in [-0.2, -0.15) is 0 Å². The zero-order valence-corrected chi connectivity index (χ0v) is 16.1. The van der Waals surface area contributed by atoms with Gasteiger partial charge in [-0.1, -0.05) is 47.5 Å². The van der Waals surface area contributed by atoms with E-state index in [1.807, 2.05) is 38.1 Å². The molecule has 0 saturated carbocycles. The van der Waals surface area contributed by atoms with Gasteiger partial charge < -0.3 is 10.4 Å². The number of aryl methyl sites for hydroxylation is 3. The highest BCUT2D eigenvalue weighted by molar-refractivity contribution is 7.93. The first-order valence-electron chi connectivity index (χ1n) is 8.54. The van der Waals surface area contributed by atoms with Crippen LogP contribution in [0.1, 0.15) is 23.1 Å². The van der Waals surface area contributed by atoms with Crippen molar-refractivity contribution in [2.24, 2.45) is 0 Å². The normalized spacial score (nSPS) is 12.4. The van der Waals surface area contributed by atoms with Crippen molar-refractivity contribution in [1.29, 1.82) is 0 Å². The summed E-state index contributed by atoms with van der Waals surface area (Å²) in [7, 11) is -4.14. The predicted octanol–water partition coefficient (Wildman–Crippen LogP) is 2.74. The number of rotatable bonds is 8. The topological polar surface area (TPSA) is 101 Å². The van der Waals surface area contributed by atoms with E-state index in [2.05, 4.69) is 5.32 Å². The number of benzene rings is 2. The molecular weight excluding hydrogens is 366 g/mol. The number of anilines is 1. The van der Waals surface area contributed by atoms with Crippen LogP contribution in [0.15, 0.2) is 48.5 Å². The van der Waals surface area contributed by atoms with Gasteiger partial charge in [-0.15, -0.1) is 0 Å². The van der Waals surface area contributed by atoms with Crippen molar-refractivity contribution in [3.63, 3.8) is 0 Å². The number of sulfone groups is 1. The third-order valence-corrected chi connectivity index (χ3v) is 6.16. The summed E-state index contributed by atoms with van der Waals surface area (Å²) in [5, 5.41) is 10.2. The van der Waals surface area contributed by atoms with Crippen LogP contribution in [0.3, 0.4) is 0 Å². The van der Waals surface area contributed by atoms with Gasteiger partial charge in [0.25, 0.3) is 0 Å². The highest BCUT2D eigenvalue weighted by Gasteiger charge is 2.34. The summed E-state index contributed by atoms with van der Waals surface area (Å²) in [6.45, 7) is 3.82. The van der Waals surface area contributed by atoms with Crippen LogP contribution in [0.4, 0.5) is 5.69 Å². The fourth-order valence-corrected chi connectivity index (χ4v) is 4.05. The summed E-state index contributed by atoms with van der Waals surface area (Å²) in [5.41, 5.74) is 3.38. The van der Waals surface area contributed by atoms with Crippen molar-refractivity contribution in [3.05, 3.63) is 65.2 Å². The first-order valence-corrected chi connectivity index (χ1v) is 10.3. The molecule has 0 radical (unpaired) electrons. The summed E-state index contributed by atoms with van der Waals surface area (Å²) in [4.78, 5) is 23.6. The maximum atomic E-state index is 12.5. The molecule has 2 rings (SSSR count). The monoisotopic (exact) mass is 389 g/mol. The fraction of sp³-hybridized carbons (Fsp3) is 0.300. The molecule has 1 atom stereocenters. The Morgan fingerprint density at radius 2 is 1.48 bits per heavy atom. The number of amides is 1. The summed E-state index contributed by atoms with van der Waals surface area (Å²) < 4.78 is 24.9. The molecular formula is C20H23NO5S. The predicted molar refractivity (Wildman–Crippen MR) is 105 cm³/mol. The van der Waals surface area contributed by atoms with E-state index in [-0.39, 0.29) is 6.42 Å². The second kappa shape index (κ2) is 8.81. The summed E-state index contributed by atoms with van der Waals surface area (Å²) in [5.74, 6) is -3.06. The molecule has 144 valence electrons. The molecule has 0 aromatic heterocycles. The summed E-state index contributed by atoms with van der Waals surface area (Å²) >= 11 is 0. The molecule has 2 aromatic rings. The van der Waals surface area contributed by atoms with Crippen LogP contribution < -0.4 is 5.32 Å². The van der Waals surface area contributed by atoms with Gasteiger partial charge in [0.05, 0.1) is 0 Å². The van der Waals surface area contributed by atoms with Gasteiger partial charge in [-0.25, -0.2) is 8.42 Å². The van der Waals surface area contributed by atoms with Gasteiger partial charge in [-0.3, -0.25) is 9.59 Å². The second-order valence-electron chi connectivity index (χ2n) is 6.57. The molecule has 1 amide bonds. The zero-order chi connectivity index (χ0) is 20.0. The van der Waals surface area contributed by atoms with Crippen molar-refractivity contribution in [1.82, 2.24) is 0 Å². The lowest BCUT2D eigenvalue weighted by Gasteiger charge is -2.14. The van der Waals surface area contributed by atoms with Gasteiger partial charge in [0.2, 0.25) is 5.91 Å². The minimum absolute atomic E-state index is 0.0848. The molecule has 0 aliphatic carbocycles. The van der Waals surface area contributed by atoms with Crippen molar-refractivity contribution in [2.45, 2.75) is 31.9 Å². The van der Waals surface area contributed by atoms with E-state index in [1.165, 1.54) is 0 Å². The SMILES string of the molecule is Cc1ccc(CCC(C(=O)O)S(=O)(=O)CC(=O)Nc2ccc(C)cc2)cc1. The molecule has 2 aromatic carbocycles. The minimum atomic E-state index is -4.14. The number of carboxylic acids is 1. The lowest BCUT2D eigenvalue weighted by Crippen LogP contribution is -2.36. The van der Waals surface area contributed by atoms with E-state index in [4.69, 9.17) is 0 Å². The van der Waals surface area contributed by atoms with Crippen LogP contribution in [-0.4, -0.2) is 36.4 Å². The highest BCUT2D eigenvalue weighted by atomic mass is 32.2. The van der Waals surface area contributed by atoms with Gasteiger partial charge >= 0.3 is 5.97 Å². The van der Waals surface area contributed by atoms with Gasteiger partial charge in [-0.05, 0) is 44.4 Å². The van der Waals surface area contributed by atoms with Crippen LogP contribution in [0, 0.1) is 13.8 Å². The van der Waals surface area contributed by atoms with Gasteiger partial charge in [0.15, 0.2) is 15.1 Å². The fourth-order valence-electron chi connectivity index (χ4n) is 2.63. The summed E-state index contributed by atoms with van der Waals surface area (Å²) in [6.07, 6.45) is 0.217. The van der Waals surface area contributed by atoms with E-state index >= 15 is 0 Å². The van der Waals surface area contributed by atoms with E-state index < -0.39 is 32.7 Å². The molecule has 6 nitrogen and oxygen atoms in total. The maximum absolute atomic E-state index is 12.5. The molecule has 0 aliphatic heterocycles. The Morgan fingerprint density at radius 3 is 2.00 bits per heavy atom. The Morgan fingerprint density at radius 1 is 0.963 bits per heavy atom. The Kier molecular flexibility index (Phi) is 6.74. The summed E-state index contributed by atoms with van der Waals surface area (Å²) in [6, 6.07) is 14.3. The Balaban J connectivity index is 2.03. The van der Waals surface area contributed by atoms with Gasteiger partial charge in [0, 0.05) is 5.69 Å². The number of hydrogen-bond acceptors (Lipinski definition) is 4. The van der Waals surface area contributed by atoms with Crippen LogP contribution in [-0.2, 0) is 25.8 Å². The van der Waals surface area contributed by atoms with Crippen molar-refractivity contribution >= 4 is 27.4 Å². The number of hydrogen-bond donors (Lipinski definition) is 2. The van der Waals surface area contributed by atoms with Crippen LogP contribution in [0.25, 0.3) is 0 Å². The Hall–Kier alpha value is -2.67. The highest BCUT2D eigenvalue weighted by Crippen LogP contribution is 2.15. The van der Waals surface area contributed by atoms with Crippen molar-refractivity contribution in [3.8, 4) is 0 Å². The minimum Gasteiger partial charge on any atom is -0.480 e. The third kappa shape index (κ3) is 6.21. The molecule has 1 unspecified atom stereocenters. The molecule has 0 heterocycles. The van der Waals surface area contributed by atoms with Crippen LogP contribution >= 0.6 is 0 Å². The first kappa shape index (κ1) is 20.6. The Labute approximate surface area is 159 Å². The standard InChI is InChI=1S/C20H23NO5S/c1-14-3-7-16(8-4-14)9-12-18(20(23)24)27(25,26)13-19(22)21-17-10-5-15(2)6-11-17/h3-8,10-11,18H,9,12-13H2,1-2H3,(H,21,22)(H,23,24). The van der Waals surface area contributed by atoms with E-state index in [0.717, 1.165) is 16.7 Å². The van der Waals surface area contributed by atoms with Crippen LogP contribution in [0.5, 0.6) is 0 Å². The largest absolute Gasteiger partial charge is 0.480 e. The number of carbonyl (C=O) groups excluding carboxylic acids is 1. The van der Waals surface area contributed by atoms with Crippen molar-refractivity contribution in [2.75, 3.05) is 11.1 Å². The number of carbonyl (C=O) groups is 2. The number of aliphatic carboxylic acids is 1. The third-order valence-electron chi connectivity index (χ3n) is 4.19.